The largest absolute Gasteiger partial charge is 0.515 e. The summed E-state index contributed by atoms with van der Waals surface area (Å²) >= 11 is 0. The van der Waals surface area contributed by atoms with Gasteiger partial charge in [0.25, 0.3) is 0 Å². The Morgan fingerprint density at radius 3 is 0.878 bits per heavy atom. The van der Waals surface area contributed by atoms with Crippen LogP contribution in [0, 0.1) is 0 Å². The summed E-state index contributed by atoms with van der Waals surface area (Å²) in [5.74, 6) is -1.11. The highest BCUT2D eigenvalue weighted by molar-refractivity contribution is 6.93. The molecule has 0 aromatic heterocycles. The number of carbonyl (C=O) groups is 2. The maximum atomic E-state index is 13.0. The minimum atomic E-state index is -4.01. The smallest absolute Gasteiger partial charge is 0.455 e. The van der Waals surface area contributed by atoms with Crippen LogP contribution in [0.25, 0.3) is 0 Å². The van der Waals surface area contributed by atoms with Crippen LogP contribution in [0.1, 0.15) is 40.5 Å². The molecular formula is C26H58O9Si6. The first-order valence-electron chi connectivity index (χ1n) is 14.3. The van der Waals surface area contributed by atoms with Crippen molar-refractivity contribution in [1.82, 2.24) is 0 Å². The normalized spacial score (nSPS) is 15.2. The van der Waals surface area contributed by atoms with Crippen molar-refractivity contribution in [3.05, 3.63) is 24.3 Å². The third kappa shape index (κ3) is 14.7. The molecule has 2 unspecified atom stereocenters. The molecule has 0 bridgehead atoms. The summed E-state index contributed by atoms with van der Waals surface area (Å²) in [6.07, 6.45) is 0.736. The van der Waals surface area contributed by atoms with Crippen molar-refractivity contribution in [3.63, 3.8) is 0 Å². The highest BCUT2D eigenvalue weighted by Crippen LogP contribution is 2.37. The van der Waals surface area contributed by atoms with Crippen LogP contribution in [-0.2, 0) is 39.6 Å². The van der Waals surface area contributed by atoms with Gasteiger partial charge in [-0.1, -0.05) is 27.0 Å². The van der Waals surface area contributed by atoms with E-state index in [1.165, 1.54) is 0 Å². The van der Waals surface area contributed by atoms with Gasteiger partial charge in [0.15, 0.2) is 44.7 Å². The highest BCUT2D eigenvalue weighted by Gasteiger charge is 2.67. The van der Waals surface area contributed by atoms with Crippen molar-refractivity contribution >= 4 is 62.8 Å². The van der Waals surface area contributed by atoms with Crippen LogP contribution in [0.4, 0.5) is 0 Å². The second kappa shape index (κ2) is 15.0. The zero-order valence-electron chi connectivity index (χ0n) is 28.7. The molecule has 0 spiro atoms. The lowest BCUT2D eigenvalue weighted by Crippen LogP contribution is -2.75. The van der Waals surface area contributed by atoms with E-state index >= 15 is 0 Å². The summed E-state index contributed by atoms with van der Waals surface area (Å²) < 4.78 is 47.3. The van der Waals surface area contributed by atoms with Crippen molar-refractivity contribution in [2.24, 2.45) is 0 Å². The molecule has 0 radical (unpaired) electrons. The Labute approximate surface area is 256 Å². The minimum Gasteiger partial charge on any atom is -0.455 e. The van der Waals surface area contributed by atoms with E-state index in [1.807, 2.05) is 92.4 Å². The SMILES string of the molecule is C=C(C)C(=O)OC(CC)[Si](O[Si](C)(C)C)(O[Si](C)(C)C)O[Si](O[Si](C)(C)C)(O[Si](C)(C)C)C(CC)OC(=O)C(=C)C. The van der Waals surface area contributed by atoms with Gasteiger partial charge in [-0.3, -0.25) is 0 Å². The van der Waals surface area contributed by atoms with Crippen molar-refractivity contribution < 1.29 is 39.6 Å². The zero-order valence-corrected chi connectivity index (χ0v) is 34.7. The van der Waals surface area contributed by atoms with E-state index in [-0.39, 0.29) is 11.1 Å². The topological polar surface area (TPSA) is 98.8 Å². The molecular weight excluding hydrogens is 625 g/mol. The molecule has 2 atom stereocenters. The molecule has 0 aliphatic rings. The molecule has 15 heteroatoms. The lowest BCUT2D eigenvalue weighted by Gasteiger charge is -2.50. The van der Waals surface area contributed by atoms with Crippen molar-refractivity contribution in [2.75, 3.05) is 0 Å². The monoisotopic (exact) mass is 682 g/mol. The first-order valence-corrected chi connectivity index (χ1v) is 31.6. The molecule has 9 nitrogen and oxygen atoms in total. The average Bonchev–Trinajstić information content (AvgIpc) is 2.69. The number of rotatable bonds is 18. The van der Waals surface area contributed by atoms with Gasteiger partial charge >= 0.3 is 29.5 Å². The van der Waals surface area contributed by atoms with Gasteiger partial charge in [-0.15, -0.1) is 0 Å². The van der Waals surface area contributed by atoms with Crippen LogP contribution in [0.3, 0.4) is 0 Å². The van der Waals surface area contributed by atoms with Crippen LogP contribution in [-0.4, -0.2) is 74.3 Å². The molecule has 0 aromatic rings. The molecule has 41 heavy (non-hydrogen) atoms. The Balaban J connectivity index is 7.86. The minimum absolute atomic E-state index is 0.259. The standard InChI is InChI=1S/C26H58O9Si6/c1-19-23(29-25(27)21(3)4)40(31-36(7,8)9,32-37(10,11)12)35-41(33-38(13,14)15,34-39(16,17)18)24(20-2)30-26(28)22(5)6/h23-24H,3,5,19-20H2,1-2,4,6-18H3. The van der Waals surface area contributed by atoms with Gasteiger partial charge in [-0.2, -0.15) is 0 Å². The Bertz CT molecular complexity index is 824. The Kier molecular flexibility index (Phi) is 14.8. The number of ether oxygens (including phenoxy) is 2. The summed E-state index contributed by atoms with van der Waals surface area (Å²) in [6.45, 7) is 39.1. The average molecular weight is 683 g/mol. The quantitative estimate of drug-likeness (QED) is 0.0847. The maximum absolute atomic E-state index is 13.0. The molecule has 0 amide bonds. The summed E-state index contributed by atoms with van der Waals surface area (Å²) in [4.78, 5) is 25.9. The fourth-order valence-corrected chi connectivity index (χ4v) is 26.8. The van der Waals surface area contributed by atoms with E-state index in [1.54, 1.807) is 13.8 Å². The first kappa shape index (κ1) is 40.5. The van der Waals surface area contributed by atoms with Crippen LogP contribution in [0.2, 0.25) is 78.6 Å². The van der Waals surface area contributed by atoms with E-state index in [0.717, 1.165) is 0 Å². The molecule has 0 rings (SSSR count). The molecule has 0 fully saturated rings. The second-order valence-corrected chi connectivity index (χ2v) is 39.0. The van der Waals surface area contributed by atoms with Crippen molar-refractivity contribution in [3.8, 4) is 0 Å². The van der Waals surface area contributed by atoms with Gasteiger partial charge < -0.3 is 30.0 Å². The summed E-state index contributed by atoms with van der Waals surface area (Å²) in [5, 5.41) is 0. The van der Waals surface area contributed by atoms with Crippen molar-refractivity contribution in [2.45, 2.75) is 131 Å². The van der Waals surface area contributed by atoms with Crippen molar-refractivity contribution in [1.29, 1.82) is 0 Å². The number of esters is 2. The van der Waals surface area contributed by atoms with Gasteiger partial charge in [0.05, 0.1) is 0 Å². The summed E-state index contributed by atoms with van der Waals surface area (Å²) in [5.41, 5.74) is -1.20. The molecule has 240 valence electrons. The summed E-state index contributed by atoms with van der Waals surface area (Å²) in [6, 6.07) is 0. The molecule has 0 aromatic carbocycles. The van der Waals surface area contributed by atoms with Crippen LogP contribution >= 0.6 is 0 Å². The lowest BCUT2D eigenvalue weighted by atomic mass is 10.4. The fraction of sp³-hybridized carbons (Fsp3) is 0.769. The molecule has 0 N–H and O–H groups in total. The first-order chi connectivity index (χ1) is 18.1. The Hall–Kier alpha value is -0.479. The molecule has 0 saturated carbocycles. The number of hydrogen-bond acceptors (Lipinski definition) is 9. The predicted molar refractivity (Wildman–Crippen MR) is 180 cm³/mol. The number of hydrogen-bond donors (Lipinski definition) is 0. The third-order valence-electron chi connectivity index (χ3n) is 4.80. The van der Waals surface area contributed by atoms with E-state index in [2.05, 4.69) is 13.2 Å². The van der Waals surface area contributed by atoms with Crippen LogP contribution < -0.4 is 0 Å². The molecule has 0 aliphatic heterocycles. The zero-order chi connectivity index (χ0) is 32.8. The fourth-order valence-electron chi connectivity index (χ4n) is 3.70. The van der Waals surface area contributed by atoms with Gasteiger partial charge in [0, 0.05) is 11.1 Å². The third-order valence-corrected chi connectivity index (χ3v) is 24.1. The van der Waals surface area contributed by atoms with E-state index in [4.69, 9.17) is 30.0 Å². The maximum Gasteiger partial charge on any atom is 0.515 e. The molecule has 0 heterocycles. The lowest BCUT2D eigenvalue weighted by molar-refractivity contribution is -0.143. The van der Waals surface area contributed by atoms with E-state index in [9.17, 15) is 9.59 Å². The van der Waals surface area contributed by atoms with Gasteiger partial charge in [-0.05, 0) is 105 Å². The molecule has 0 aliphatic carbocycles. The predicted octanol–water partition coefficient (Wildman–Crippen LogP) is 7.16. The van der Waals surface area contributed by atoms with Gasteiger partial charge in [-0.25, -0.2) is 9.59 Å². The number of carbonyl (C=O) groups excluding carboxylic acids is 2. The Morgan fingerprint density at radius 1 is 0.512 bits per heavy atom. The van der Waals surface area contributed by atoms with Crippen LogP contribution in [0.15, 0.2) is 24.3 Å². The molecule has 0 saturated heterocycles. The second-order valence-electron chi connectivity index (χ2n) is 14.3. The van der Waals surface area contributed by atoms with E-state index in [0.29, 0.717) is 12.8 Å². The van der Waals surface area contributed by atoms with Gasteiger partial charge in [0.2, 0.25) is 0 Å². The van der Waals surface area contributed by atoms with Crippen LogP contribution in [0.5, 0.6) is 0 Å². The highest BCUT2D eigenvalue weighted by atomic mass is 28.5. The van der Waals surface area contributed by atoms with Gasteiger partial charge in [0.1, 0.15) is 0 Å². The Morgan fingerprint density at radius 2 is 0.732 bits per heavy atom. The van der Waals surface area contributed by atoms with E-state index < -0.39 is 74.3 Å². The summed E-state index contributed by atoms with van der Waals surface area (Å²) in [7, 11) is -17.7.